The van der Waals surface area contributed by atoms with Gasteiger partial charge in [0.15, 0.2) is 0 Å². The summed E-state index contributed by atoms with van der Waals surface area (Å²) in [7, 11) is 2.03. The third-order valence-electron chi connectivity index (χ3n) is 3.62. The molecule has 2 heteroatoms. The molecule has 0 bridgehead atoms. The topological polar surface area (TPSA) is 3.88 Å². The Bertz CT molecular complexity index is 806. The smallest absolute Gasteiger partial charge is 0.136 e. The van der Waals surface area contributed by atoms with Crippen LogP contribution in [-0.4, -0.2) is 0 Å². The summed E-state index contributed by atoms with van der Waals surface area (Å²) in [5, 5.41) is 2.50. The van der Waals surface area contributed by atoms with Crippen molar-refractivity contribution >= 4 is 16.8 Å². The largest absolute Gasteiger partial charge is 0.344 e. The second-order valence-corrected chi connectivity index (χ2v) is 5.04. The summed E-state index contributed by atoms with van der Waals surface area (Å²) in [6.07, 6.45) is 3.60. The first-order valence-electron chi connectivity index (χ1n) is 6.66. The Kier molecular flexibility index (Phi) is 5.08. The van der Waals surface area contributed by atoms with Crippen molar-refractivity contribution in [2.75, 3.05) is 0 Å². The predicted octanol–water partition coefficient (Wildman–Crippen LogP) is 3.88. The molecule has 1 heterocycles. The van der Waals surface area contributed by atoms with E-state index in [2.05, 4.69) is 54.0 Å². The molecule has 21 heavy (non-hydrogen) atoms. The molecular formula is C19H16NY-. The maximum atomic E-state index is 5.61. The summed E-state index contributed by atoms with van der Waals surface area (Å²) in [6.45, 7) is 7.74. The number of hydrogen-bond donors (Lipinski definition) is 0. The van der Waals surface area contributed by atoms with Crippen LogP contribution < -0.4 is 4.57 Å². The molecule has 1 aromatic heterocycles. The van der Waals surface area contributed by atoms with Crippen molar-refractivity contribution < 1.29 is 37.3 Å². The fourth-order valence-corrected chi connectivity index (χ4v) is 2.50. The van der Waals surface area contributed by atoms with Crippen LogP contribution >= 0.6 is 0 Å². The first kappa shape index (κ1) is 16.1. The number of fused-ring (bicyclic) bond motifs is 1. The van der Waals surface area contributed by atoms with Crippen molar-refractivity contribution in [2.24, 2.45) is 7.05 Å². The molecular weight excluding hydrogens is 331 g/mol. The Labute approximate surface area is 151 Å². The van der Waals surface area contributed by atoms with Crippen LogP contribution in [0, 0.1) is 19.6 Å². The minimum absolute atomic E-state index is 0. The zero-order valence-electron chi connectivity index (χ0n) is 12.3. The minimum atomic E-state index is 0. The summed E-state index contributed by atoms with van der Waals surface area (Å²) >= 11 is 0. The zero-order chi connectivity index (χ0) is 14.1. The van der Waals surface area contributed by atoms with Gasteiger partial charge in [0.2, 0.25) is 0 Å². The van der Waals surface area contributed by atoms with Crippen LogP contribution in [0.15, 0.2) is 48.7 Å². The number of pyridine rings is 1. The van der Waals surface area contributed by atoms with E-state index in [0.29, 0.717) is 0 Å². The molecule has 0 unspecified atom stereocenters. The summed E-state index contributed by atoms with van der Waals surface area (Å²) < 4.78 is 2.07. The molecule has 0 fully saturated rings. The molecule has 0 aliphatic rings. The number of aromatic nitrogens is 1. The molecule has 0 aliphatic carbocycles. The summed E-state index contributed by atoms with van der Waals surface area (Å²) in [5.74, 6) is 0. The van der Waals surface area contributed by atoms with Crippen LogP contribution in [0.2, 0.25) is 0 Å². The number of nitrogens with zero attached hydrogens (tertiary/aromatic N) is 1. The van der Waals surface area contributed by atoms with E-state index in [4.69, 9.17) is 6.58 Å². The third kappa shape index (κ3) is 3.15. The Morgan fingerprint density at radius 1 is 1.10 bits per heavy atom. The van der Waals surface area contributed by atoms with Crippen LogP contribution in [0.4, 0.5) is 0 Å². The van der Waals surface area contributed by atoms with Gasteiger partial charge in [0, 0.05) is 32.7 Å². The van der Waals surface area contributed by atoms with E-state index in [1.54, 1.807) is 6.08 Å². The second kappa shape index (κ2) is 6.64. The van der Waals surface area contributed by atoms with Crippen LogP contribution in [0.25, 0.3) is 28.1 Å². The first-order chi connectivity index (χ1) is 9.69. The van der Waals surface area contributed by atoms with Gasteiger partial charge in [0.05, 0.1) is 0 Å². The number of aryl methyl sites for hydroxylation is 2. The van der Waals surface area contributed by atoms with Crippen molar-refractivity contribution in [3.8, 4) is 11.3 Å². The standard InChI is InChI=1S/C19H16N.Y/c1-4-15-9-10-20(3)19(12-15)18-13-17-8-6-5-7-16(17)11-14(18)2;/h1,4-11,13H,2-3H3;/q-1;. The molecule has 0 N–H and O–H groups in total. The van der Waals surface area contributed by atoms with Crippen molar-refractivity contribution in [1.82, 2.24) is 0 Å². The molecule has 0 spiro atoms. The van der Waals surface area contributed by atoms with Crippen molar-refractivity contribution in [3.05, 3.63) is 72.4 Å². The molecule has 1 nitrogen and oxygen atoms in total. The fraction of sp³-hybridized carbons (Fsp3) is 0.105. The molecule has 0 aliphatic heterocycles. The first-order valence-corrected chi connectivity index (χ1v) is 6.66. The molecule has 1 radical (unpaired) electrons. The average Bonchev–Trinajstić information content (AvgIpc) is 2.47. The predicted molar refractivity (Wildman–Crippen MR) is 82.9 cm³/mol. The molecule has 2 aromatic carbocycles. The van der Waals surface area contributed by atoms with Gasteiger partial charge in [0.25, 0.3) is 0 Å². The fourth-order valence-electron chi connectivity index (χ4n) is 2.50. The number of benzene rings is 2. The maximum absolute atomic E-state index is 5.61. The molecule has 0 saturated heterocycles. The van der Waals surface area contributed by atoms with E-state index in [-0.39, 0.29) is 32.7 Å². The van der Waals surface area contributed by atoms with E-state index < -0.39 is 0 Å². The monoisotopic (exact) mass is 347 g/mol. The van der Waals surface area contributed by atoms with Gasteiger partial charge in [-0.1, -0.05) is 42.0 Å². The summed E-state index contributed by atoms with van der Waals surface area (Å²) in [6, 6.07) is 18.2. The van der Waals surface area contributed by atoms with Crippen LogP contribution in [0.5, 0.6) is 0 Å². The van der Waals surface area contributed by atoms with Gasteiger partial charge < -0.3 is 12.7 Å². The Hall–Kier alpha value is -1.31. The Morgan fingerprint density at radius 2 is 1.76 bits per heavy atom. The van der Waals surface area contributed by atoms with E-state index in [1.807, 2.05) is 19.3 Å². The molecule has 0 saturated carbocycles. The van der Waals surface area contributed by atoms with Crippen LogP contribution in [-0.2, 0) is 39.8 Å². The molecule has 101 valence electrons. The number of hydrogen-bond acceptors (Lipinski definition) is 0. The Morgan fingerprint density at radius 3 is 2.43 bits per heavy atom. The second-order valence-electron chi connectivity index (χ2n) is 5.04. The van der Waals surface area contributed by atoms with E-state index >= 15 is 0 Å². The maximum Gasteiger partial charge on any atom is 0.136 e. The van der Waals surface area contributed by atoms with Crippen molar-refractivity contribution in [1.29, 1.82) is 0 Å². The van der Waals surface area contributed by atoms with Gasteiger partial charge in [-0.25, -0.2) is 4.57 Å². The van der Waals surface area contributed by atoms with Gasteiger partial charge >= 0.3 is 0 Å². The third-order valence-corrected chi connectivity index (χ3v) is 3.62. The number of rotatable bonds is 2. The molecule has 3 aromatic rings. The van der Waals surface area contributed by atoms with Crippen molar-refractivity contribution in [3.63, 3.8) is 0 Å². The minimum Gasteiger partial charge on any atom is -0.344 e. The quantitative estimate of drug-likeness (QED) is 0.489. The average molecular weight is 347 g/mol. The normalized spacial score (nSPS) is 10.2. The molecule has 0 atom stereocenters. The van der Waals surface area contributed by atoms with Gasteiger partial charge in [-0.05, 0) is 23.3 Å². The van der Waals surface area contributed by atoms with Gasteiger partial charge in [-0.2, -0.15) is 12.1 Å². The van der Waals surface area contributed by atoms with Crippen LogP contribution in [0.1, 0.15) is 11.1 Å². The van der Waals surface area contributed by atoms with Gasteiger partial charge in [0.1, 0.15) is 18.9 Å². The summed E-state index contributed by atoms with van der Waals surface area (Å²) in [5.41, 5.74) is 4.39. The summed E-state index contributed by atoms with van der Waals surface area (Å²) in [4.78, 5) is 0. The van der Waals surface area contributed by atoms with Gasteiger partial charge in [-0.15, -0.1) is 0 Å². The van der Waals surface area contributed by atoms with Gasteiger partial charge in [-0.3, -0.25) is 5.56 Å². The zero-order valence-corrected chi connectivity index (χ0v) is 15.1. The van der Waals surface area contributed by atoms with E-state index in [1.165, 1.54) is 21.9 Å². The van der Waals surface area contributed by atoms with E-state index in [0.717, 1.165) is 11.3 Å². The van der Waals surface area contributed by atoms with Crippen molar-refractivity contribution in [2.45, 2.75) is 6.92 Å². The molecule has 3 rings (SSSR count). The SMILES string of the molecule is [CH-]=Cc1[c-]c(-c2cc3ccccc3cc2C)[n+](C)cc1.[Y]. The van der Waals surface area contributed by atoms with E-state index in [9.17, 15) is 0 Å². The molecule has 0 amide bonds. The Balaban J connectivity index is 0.00000161. The van der Waals surface area contributed by atoms with Crippen LogP contribution in [0.3, 0.4) is 0 Å².